The van der Waals surface area contributed by atoms with Crippen LogP contribution in [0.5, 0.6) is 0 Å². The van der Waals surface area contributed by atoms with Crippen LogP contribution in [0.25, 0.3) is 27.8 Å². The van der Waals surface area contributed by atoms with Gasteiger partial charge >= 0.3 is 0 Å². The summed E-state index contributed by atoms with van der Waals surface area (Å²) < 4.78 is 15.0. The number of rotatable bonds is 3. The van der Waals surface area contributed by atoms with Crippen molar-refractivity contribution in [2.24, 2.45) is 0 Å². The topological polar surface area (TPSA) is 43.1 Å². The molecule has 3 aromatic heterocycles. The molecule has 0 radical (unpaired) electrons. The van der Waals surface area contributed by atoms with Crippen molar-refractivity contribution in [1.29, 1.82) is 0 Å². The number of imidazole rings is 1. The molecule has 0 bridgehead atoms. The van der Waals surface area contributed by atoms with E-state index in [9.17, 15) is 4.39 Å². The van der Waals surface area contributed by atoms with E-state index in [1.807, 2.05) is 35.0 Å². The summed E-state index contributed by atoms with van der Waals surface area (Å²) in [5.41, 5.74) is 5.59. The Kier molecular flexibility index (Phi) is 3.64. The first-order valence-electron chi connectivity index (χ1n) is 8.69. The van der Waals surface area contributed by atoms with Crippen LogP contribution in [-0.2, 0) is 6.42 Å². The van der Waals surface area contributed by atoms with Crippen molar-refractivity contribution in [3.8, 4) is 11.3 Å². The monoisotopic (exact) mass is 354 g/mol. The predicted molar refractivity (Wildman–Crippen MR) is 103 cm³/mol. The molecule has 0 aliphatic heterocycles. The molecule has 0 fully saturated rings. The van der Waals surface area contributed by atoms with Crippen molar-refractivity contribution in [3.63, 3.8) is 0 Å². The second kappa shape index (κ2) is 6.29. The molecule has 0 saturated carbocycles. The van der Waals surface area contributed by atoms with E-state index in [-0.39, 0.29) is 5.82 Å². The highest BCUT2D eigenvalue weighted by atomic mass is 19.1. The lowest BCUT2D eigenvalue weighted by Gasteiger charge is -2.06. The van der Waals surface area contributed by atoms with Gasteiger partial charge < -0.3 is 0 Å². The fraction of sp³-hybridized carbons (Fsp3) is 0.0455. The lowest BCUT2D eigenvalue weighted by molar-refractivity contribution is 0.628. The van der Waals surface area contributed by atoms with Gasteiger partial charge in [-0.2, -0.15) is 5.10 Å². The number of halogens is 1. The number of pyridine rings is 1. The second-order valence-electron chi connectivity index (χ2n) is 6.45. The number of hydrogen-bond donors (Lipinski definition) is 0. The molecular formula is C22H15FN4. The summed E-state index contributed by atoms with van der Waals surface area (Å²) in [6, 6.07) is 20.4. The zero-order valence-corrected chi connectivity index (χ0v) is 14.4. The maximum absolute atomic E-state index is 13.2. The molecule has 0 atom stereocenters. The van der Waals surface area contributed by atoms with Crippen molar-refractivity contribution in [2.45, 2.75) is 6.42 Å². The number of benzene rings is 2. The lowest BCUT2D eigenvalue weighted by atomic mass is 10.1. The summed E-state index contributed by atoms with van der Waals surface area (Å²) in [5, 5.41) is 5.83. The summed E-state index contributed by atoms with van der Waals surface area (Å²) in [6.45, 7) is 0. The lowest BCUT2D eigenvalue weighted by Crippen LogP contribution is -2.00. The Morgan fingerprint density at radius 3 is 2.67 bits per heavy atom. The average molecular weight is 354 g/mol. The third kappa shape index (κ3) is 2.93. The van der Waals surface area contributed by atoms with Crippen molar-refractivity contribution < 1.29 is 4.39 Å². The van der Waals surface area contributed by atoms with E-state index in [1.54, 1.807) is 18.3 Å². The first kappa shape index (κ1) is 15.6. The van der Waals surface area contributed by atoms with Crippen molar-refractivity contribution in [1.82, 2.24) is 19.6 Å². The fourth-order valence-electron chi connectivity index (χ4n) is 3.26. The van der Waals surface area contributed by atoms with Gasteiger partial charge in [-0.15, -0.1) is 0 Å². The highest BCUT2D eigenvalue weighted by Crippen LogP contribution is 2.20. The van der Waals surface area contributed by atoms with Crippen LogP contribution >= 0.6 is 0 Å². The van der Waals surface area contributed by atoms with Gasteiger partial charge in [0.1, 0.15) is 5.82 Å². The number of hydrogen-bond acceptors (Lipinski definition) is 3. The molecule has 0 amide bonds. The Morgan fingerprint density at radius 1 is 0.889 bits per heavy atom. The fourth-order valence-corrected chi connectivity index (χ4v) is 3.26. The Balaban J connectivity index is 1.54. The molecule has 0 aliphatic carbocycles. The molecule has 5 heteroatoms. The molecule has 5 aromatic rings. The highest BCUT2D eigenvalue weighted by Gasteiger charge is 2.09. The molecule has 130 valence electrons. The quantitative estimate of drug-likeness (QED) is 0.473. The Labute approximate surface area is 155 Å². The Morgan fingerprint density at radius 2 is 1.78 bits per heavy atom. The van der Waals surface area contributed by atoms with Crippen LogP contribution in [0.15, 0.2) is 79.1 Å². The number of nitrogens with zero attached hydrogens (tertiary/aromatic N) is 4. The smallest absolute Gasteiger partial charge is 0.153 e. The van der Waals surface area contributed by atoms with Crippen LogP contribution in [0.4, 0.5) is 4.39 Å². The van der Waals surface area contributed by atoms with Gasteiger partial charge in [0, 0.05) is 23.6 Å². The molecule has 0 N–H and O–H groups in total. The van der Waals surface area contributed by atoms with Gasteiger partial charge in [0.25, 0.3) is 0 Å². The van der Waals surface area contributed by atoms with Gasteiger partial charge in [-0.05, 0) is 60.2 Å². The minimum absolute atomic E-state index is 0.256. The first-order chi connectivity index (χ1) is 13.3. The Hall–Kier alpha value is -3.60. The average Bonchev–Trinajstić information content (AvgIpc) is 3.10. The summed E-state index contributed by atoms with van der Waals surface area (Å²) in [5.74, 6) is -0.256. The molecule has 27 heavy (non-hydrogen) atoms. The summed E-state index contributed by atoms with van der Waals surface area (Å²) in [7, 11) is 0. The SMILES string of the molecule is Fc1ccc(-c2ccc3ncc(Cc4ccc5ncccc5c4)n3n2)cc1. The van der Waals surface area contributed by atoms with E-state index in [0.717, 1.165) is 33.5 Å². The van der Waals surface area contributed by atoms with Gasteiger partial charge in [-0.3, -0.25) is 4.98 Å². The molecule has 0 saturated heterocycles. The van der Waals surface area contributed by atoms with E-state index < -0.39 is 0 Å². The minimum atomic E-state index is -0.256. The van der Waals surface area contributed by atoms with Crippen LogP contribution in [0.1, 0.15) is 11.3 Å². The van der Waals surface area contributed by atoms with E-state index in [0.29, 0.717) is 6.42 Å². The zero-order valence-electron chi connectivity index (χ0n) is 14.4. The minimum Gasteiger partial charge on any atom is -0.256 e. The molecular weight excluding hydrogens is 339 g/mol. The van der Waals surface area contributed by atoms with Crippen molar-refractivity contribution in [2.75, 3.05) is 0 Å². The summed E-state index contributed by atoms with van der Waals surface area (Å²) in [6.07, 6.45) is 4.36. The molecule has 2 aromatic carbocycles. The third-order valence-electron chi connectivity index (χ3n) is 4.63. The number of fused-ring (bicyclic) bond motifs is 2. The molecule has 5 rings (SSSR count). The van der Waals surface area contributed by atoms with Crippen LogP contribution in [0.2, 0.25) is 0 Å². The predicted octanol–water partition coefficient (Wildman–Crippen LogP) is 4.67. The highest BCUT2D eigenvalue weighted by molar-refractivity contribution is 5.79. The molecule has 3 heterocycles. The second-order valence-corrected chi connectivity index (χ2v) is 6.45. The van der Waals surface area contributed by atoms with Crippen LogP contribution in [0, 0.1) is 5.82 Å². The van der Waals surface area contributed by atoms with Crippen molar-refractivity contribution in [3.05, 3.63) is 96.2 Å². The van der Waals surface area contributed by atoms with E-state index in [2.05, 4.69) is 28.2 Å². The maximum atomic E-state index is 13.2. The largest absolute Gasteiger partial charge is 0.256 e. The van der Waals surface area contributed by atoms with E-state index in [4.69, 9.17) is 5.10 Å². The zero-order chi connectivity index (χ0) is 18.2. The Bertz CT molecular complexity index is 1260. The summed E-state index contributed by atoms with van der Waals surface area (Å²) in [4.78, 5) is 8.82. The third-order valence-corrected chi connectivity index (χ3v) is 4.63. The van der Waals surface area contributed by atoms with Gasteiger partial charge in [0.2, 0.25) is 0 Å². The molecule has 4 nitrogen and oxygen atoms in total. The van der Waals surface area contributed by atoms with Gasteiger partial charge in [0.15, 0.2) is 5.65 Å². The van der Waals surface area contributed by atoms with Crippen LogP contribution in [-0.4, -0.2) is 19.6 Å². The van der Waals surface area contributed by atoms with E-state index >= 15 is 0 Å². The van der Waals surface area contributed by atoms with Gasteiger partial charge in [0.05, 0.1) is 23.1 Å². The first-order valence-corrected chi connectivity index (χ1v) is 8.69. The normalized spacial score (nSPS) is 11.3. The molecule has 0 aliphatic rings. The van der Waals surface area contributed by atoms with Gasteiger partial charge in [-0.25, -0.2) is 13.9 Å². The summed E-state index contributed by atoms with van der Waals surface area (Å²) >= 11 is 0. The number of aromatic nitrogens is 4. The standard InChI is InChI=1S/C22H15FN4/c23-18-6-4-16(5-7-18)21-9-10-22-25-14-19(27(22)26-21)13-15-3-8-20-17(12-15)2-1-11-24-20/h1-12,14H,13H2. The van der Waals surface area contributed by atoms with Crippen molar-refractivity contribution >= 4 is 16.6 Å². The molecule has 0 spiro atoms. The molecule has 0 unspecified atom stereocenters. The van der Waals surface area contributed by atoms with Crippen LogP contribution in [0.3, 0.4) is 0 Å². The van der Waals surface area contributed by atoms with Crippen LogP contribution < -0.4 is 0 Å². The maximum Gasteiger partial charge on any atom is 0.153 e. The van der Waals surface area contributed by atoms with E-state index in [1.165, 1.54) is 17.7 Å². The van der Waals surface area contributed by atoms with Gasteiger partial charge in [-0.1, -0.05) is 12.1 Å².